The highest BCUT2D eigenvalue weighted by Crippen LogP contribution is 2.24. The van der Waals surface area contributed by atoms with Crippen molar-refractivity contribution in [2.75, 3.05) is 11.9 Å². The molecular formula is C20H23FN4O2. The number of anilines is 1. The van der Waals surface area contributed by atoms with Gasteiger partial charge in [0.1, 0.15) is 12.4 Å². The van der Waals surface area contributed by atoms with E-state index in [9.17, 15) is 9.18 Å². The van der Waals surface area contributed by atoms with Crippen LogP contribution in [0.5, 0.6) is 0 Å². The van der Waals surface area contributed by atoms with Gasteiger partial charge in [0.15, 0.2) is 0 Å². The Morgan fingerprint density at radius 3 is 2.63 bits per heavy atom. The number of nitrogens with one attached hydrogen (secondary N) is 1. The smallest absolute Gasteiger partial charge is 0.282 e. The number of rotatable bonds is 6. The summed E-state index contributed by atoms with van der Waals surface area (Å²) in [5, 5.41) is 2.89. The minimum absolute atomic E-state index is 0.105. The summed E-state index contributed by atoms with van der Waals surface area (Å²) in [5.41, 5.74) is 6.98. The summed E-state index contributed by atoms with van der Waals surface area (Å²) in [6.45, 7) is 4.05. The fourth-order valence-corrected chi connectivity index (χ4v) is 2.82. The molecule has 1 atom stereocenters. The van der Waals surface area contributed by atoms with Gasteiger partial charge in [-0.1, -0.05) is 12.1 Å². The van der Waals surface area contributed by atoms with Gasteiger partial charge in [-0.05, 0) is 56.5 Å². The van der Waals surface area contributed by atoms with Crippen LogP contribution in [0.25, 0.3) is 0 Å². The lowest BCUT2D eigenvalue weighted by Gasteiger charge is -2.23. The van der Waals surface area contributed by atoms with Crippen molar-refractivity contribution in [2.24, 2.45) is 10.7 Å². The van der Waals surface area contributed by atoms with Crippen molar-refractivity contribution in [1.82, 2.24) is 4.98 Å². The molecule has 3 N–H and O–H groups in total. The van der Waals surface area contributed by atoms with Gasteiger partial charge in [0.05, 0.1) is 23.3 Å². The number of halogens is 1. The molecule has 1 aliphatic rings. The van der Waals surface area contributed by atoms with Crippen molar-refractivity contribution >= 4 is 17.6 Å². The molecule has 0 fully saturated rings. The number of hydrogen-bond donors (Lipinski definition) is 2. The number of nitrogens with two attached hydrogens (primary N) is 1. The van der Waals surface area contributed by atoms with Crippen LogP contribution < -0.4 is 11.1 Å². The predicted molar refractivity (Wildman–Crippen MR) is 102 cm³/mol. The number of amides is 1. The van der Waals surface area contributed by atoms with Crippen LogP contribution in [0.2, 0.25) is 0 Å². The van der Waals surface area contributed by atoms with Crippen molar-refractivity contribution in [3.05, 3.63) is 59.7 Å². The van der Waals surface area contributed by atoms with Crippen LogP contribution in [0, 0.1) is 5.82 Å². The highest BCUT2D eigenvalue weighted by Gasteiger charge is 2.31. The number of aliphatic imine (C=N–C) groups is 1. The van der Waals surface area contributed by atoms with Gasteiger partial charge in [-0.2, -0.15) is 0 Å². The van der Waals surface area contributed by atoms with Crippen molar-refractivity contribution in [3.63, 3.8) is 0 Å². The van der Waals surface area contributed by atoms with Crippen LogP contribution in [0.1, 0.15) is 31.5 Å². The molecule has 1 aromatic heterocycles. The van der Waals surface area contributed by atoms with Crippen molar-refractivity contribution < 1.29 is 13.9 Å². The maximum atomic E-state index is 13.1. The Bertz CT molecular complexity index is 832. The van der Waals surface area contributed by atoms with E-state index in [1.165, 1.54) is 12.1 Å². The molecule has 2 aromatic rings. The van der Waals surface area contributed by atoms with Crippen LogP contribution in [0.15, 0.2) is 47.6 Å². The highest BCUT2D eigenvalue weighted by molar-refractivity contribution is 5.98. The first kappa shape index (κ1) is 18.8. The van der Waals surface area contributed by atoms with Gasteiger partial charge in [-0.25, -0.2) is 9.38 Å². The Morgan fingerprint density at radius 1 is 1.30 bits per heavy atom. The van der Waals surface area contributed by atoms with E-state index in [0.717, 1.165) is 24.6 Å². The molecular weight excluding hydrogens is 347 g/mol. The Labute approximate surface area is 157 Å². The highest BCUT2D eigenvalue weighted by atomic mass is 19.1. The maximum Gasteiger partial charge on any atom is 0.282 e. The van der Waals surface area contributed by atoms with Gasteiger partial charge in [0, 0.05) is 5.69 Å². The molecule has 0 radical (unpaired) electrons. The zero-order chi connectivity index (χ0) is 19.4. The molecule has 7 heteroatoms. The molecule has 142 valence electrons. The van der Waals surface area contributed by atoms with E-state index >= 15 is 0 Å². The zero-order valence-corrected chi connectivity index (χ0v) is 15.4. The molecule has 6 nitrogen and oxygen atoms in total. The molecule has 27 heavy (non-hydrogen) atoms. The number of carbonyl (C=O) groups excluding carboxylic acids is 1. The van der Waals surface area contributed by atoms with Crippen LogP contribution >= 0.6 is 0 Å². The SMILES string of the molecule is CC(C)(C(=O)Nc1ccc(CC[C@H]2COC(N)=N2)cc1)c1ccc(F)cn1. The van der Waals surface area contributed by atoms with Crippen LogP contribution in [0.4, 0.5) is 10.1 Å². The summed E-state index contributed by atoms with van der Waals surface area (Å²) in [4.78, 5) is 20.9. The lowest BCUT2D eigenvalue weighted by molar-refractivity contribution is -0.120. The number of pyridine rings is 1. The molecule has 1 aliphatic heterocycles. The van der Waals surface area contributed by atoms with Gasteiger partial charge >= 0.3 is 0 Å². The summed E-state index contributed by atoms with van der Waals surface area (Å²) < 4.78 is 18.2. The number of benzene rings is 1. The summed E-state index contributed by atoms with van der Waals surface area (Å²) in [5.74, 6) is -0.634. The Kier molecular flexibility index (Phi) is 5.39. The quantitative estimate of drug-likeness (QED) is 0.818. The third-order valence-corrected chi connectivity index (χ3v) is 4.65. The van der Waals surface area contributed by atoms with Gasteiger partial charge < -0.3 is 15.8 Å². The number of hydrogen-bond acceptors (Lipinski definition) is 5. The number of amidine groups is 1. The summed E-state index contributed by atoms with van der Waals surface area (Å²) in [6.07, 6.45) is 2.83. The predicted octanol–water partition coefficient (Wildman–Crippen LogP) is 2.78. The minimum atomic E-state index is -0.882. The second-order valence-electron chi connectivity index (χ2n) is 7.11. The molecule has 0 saturated heterocycles. The molecule has 0 spiro atoms. The first-order chi connectivity index (χ1) is 12.8. The standard InChI is InChI=1S/C20H23FN4O2/c1-20(2,17-10-6-14(21)11-23-17)18(26)24-15-7-3-13(4-8-15)5-9-16-12-27-19(22)25-16/h3-4,6-8,10-11,16H,5,9,12H2,1-2H3,(H2,22,25)(H,24,26)/t16-/m0/s1. The third kappa shape index (κ3) is 4.61. The van der Waals surface area contributed by atoms with Gasteiger partial charge in [-0.3, -0.25) is 9.78 Å². The average Bonchev–Trinajstić information content (AvgIpc) is 3.07. The molecule has 0 bridgehead atoms. The van der Waals surface area contributed by atoms with E-state index < -0.39 is 11.2 Å². The molecule has 0 saturated carbocycles. The number of aromatic nitrogens is 1. The monoisotopic (exact) mass is 370 g/mol. The van der Waals surface area contributed by atoms with Gasteiger partial charge in [0.2, 0.25) is 5.91 Å². The largest absolute Gasteiger partial charge is 0.463 e. The van der Waals surface area contributed by atoms with Gasteiger partial charge in [0.25, 0.3) is 6.02 Å². The Morgan fingerprint density at radius 2 is 2.04 bits per heavy atom. The summed E-state index contributed by atoms with van der Waals surface area (Å²) in [7, 11) is 0. The first-order valence-corrected chi connectivity index (χ1v) is 8.83. The lowest BCUT2D eigenvalue weighted by Crippen LogP contribution is -2.35. The minimum Gasteiger partial charge on any atom is -0.463 e. The van der Waals surface area contributed by atoms with Gasteiger partial charge in [-0.15, -0.1) is 0 Å². The van der Waals surface area contributed by atoms with E-state index in [4.69, 9.17) is 10.5 Å². The zero-order valence-electron chi connectivity index (χ0n) is 15.4. The Hall–Kier alpha value is -2.96. The Balaban J connectivity index is 1.58. The third-order valence-electron chi connectivity index (χ3n) is 4.65. The maximum absolute atomic E-state index is 13.1. The normalized spacial score (nSPS) is 16.6. The van der Waals surface area contributed by atoms with Crippen molar-refractivity contribution in [1.29, 1.82) is 0 Å². The van der Waals surface area contributed by atoms with Crippen LogP contribution in [-0.4, -0.2) is 29.6 Å². The molecule has 3 rings (SSSR count). The van der Waals surface area contributed by atoms with E-state index in [1.807, 2.05) is 24.3 Å². The number of ether oxygens (including phenoxy) is 1. The van der Waals surface area contributed by atoms with Crippen molar-refractivity contribution in [3.8, 4) is 0 Å². The van der Waals surface area contributed by atoms with Crippen molar-refractivity contribution in [2.45, 2.75) is 38.1 Å². The van der Waals surface area contributed by atoms with Crippen LogP contribution in [-0.2, 0) is 21.4 Å². The number of aryl methyl sites for hydroxylation is 1. The fourth-order valence-electron chi connectivity index (χ4n) is 2.82. The summed E-state index contributed by atoms with van der Waals surface area (Å²) in [6, 6.07) is 10.9. The van der Waals surface area contributed by atoms with E-state index in [2.05, 4.69) is 15.3 Å². The second-order valence-corrected chi connectivity index (χ2v) is 7.11. The first-order valence-electron chi connectivity index (χ1n) is 8.83. The second kappa shape index (κ2) is 7.73. The number of carbonyl (C=O) groups is 1. The van der Waals surface area contributed by atoms with E-state index in [0.29, 0.717) is 18.0 Å². The summed E-state index contributed by atoms with van der Waals surface area (Å²) >= 11 is 0. The fraction of sp³-hybridized carbons (Fsp3) is 0.350. The molecule has 0 aliphatic carbocycles. The molecule has 1 aromatic carbocycles. The average molecular weight is 370 g/mol. The van der Waals surface area contributed by atoms with Crippen LogP contribution in [0.3, 0.4) is 0 Å². The lowest BCUT2D eigenvalue weighted by atomic mass is 9.87. The van der Waals surface area contributed by atoms with E-state index in [1.54, 1.807) is 13.8 Å². The number of nitrogens with zero attached hydrogens (tertiary/aromatic N) is 2. The molecule has 2 heterocycles. The molecule has 1 amide bonds. The molecule has 0 unspecified atom stereocenters. The topological polar surface area (TPSA) is 89.6 Å². The van der Waals surface area contributed by atoms with E-state index in [-0.39, 0.29) is 18.0 Å².